The summed E-state index contributed by atoms with van der Waals surface area (Å²) in [4.78, 5) is 104. The van der Waals surface area contributed by atoms with Gasteiger partial charge in [-0.05, 0) is 24.0 Å². The summed E-state index contributed by atoms with van der Waals surface area (Å²) in [6.45, 7) is -0.708. The van der Waals surface area contributed by atoms with Crippen molar-refractivity contribution in [1.29, 1.82) is 0 Å². The van der Waals surface area contributed by atoms with E-state index < -0.39 is 104 Å². The van der Waals surface area contributed by atoms with E-state index in [1.54, 1.807) is 24.3 Å². The molecule has 23 heteroatoms. The molecule has 3 heterocycles. The molecule has 3 fully saturated rings. The van der Waals surface area contributed by atoms with Gasteiger partial charge in [0.15, 0.2) is 5.96 Å². The number of nitrogens with zero attached hydrogens (tertiary/aromatic N) is 2. The van der Waals surface area contributed by atoms with Gasteiger partial charge in [0.1, 0.15) is 24.2 Å². The molecule has 3 aliphatic rings. The van der Waals surface area contributed by atoms with Crippen molar-refractivity contribution >= 4 is 53.3 Å². The number of alkyl halides is 3. The summed E-state index contributed by atoms with van der Waals surface area (Å²) in [6, 6.07) is 1.68. The summed E-state index contributed by atoms with van der Waals surface area (Å²) >= 11 is 0. The maximum absolute atomic E-state index is 13.6. The van der Waals surface area contributed by atoms with Gasteiger partial charge in [0.25, 0.3) is 0 Å². The number of hydrogen-bond donors (Lipinski definition) is 10. The summed E-state index contributed by atoms with van der Waals surface area (Å²) < 4.78 is 31.7. The number of piperazine rings is 1. The second-order valence-corrected chi connectivity index (χ2v) is 11.3. The maximum Gasteiger partial charge on any atom is 0.490 e. The number of aliphatic carboxylic acids is 2. The maximum atomic E-state index is 13.6. The number of carbonyl (C=O) groups is 8. The van der Waals surface area contributed by atoms with E-state index in [4.69, 9.17) is 27.1 Å². The van der Waals surface area contributed by atoms with E-state index in [-0.39, 0.29) is 31.9 Å². The molecule has 1 aromatic rings. The third kappa shape index (κ3) is 13.7. The van der Waals surface area contributed by atoms with Crippen LogP contribution in [0.3, 0.4) is 0 Å². The van der Waals surface area contributed by atoms with E-state index >= 15 is 0 Å². The van der Waals surface area contributed by atoms with Gasteiger partial charge in [-0.25, -0.2) is 4.79 Å². The number of fused-ring (bicyclic) bond motifs is 14. The minimum atomic E-state index is -5.08. The number of nitrogens with one attached hydrogen (secondary N) is 5. The summed E-state index contributed by atoms with van der Waals surface area (Å²) in [5, 5.41) is 28.5. The number of carbonyl (C=O) groups excluding carboxylic acids is 6. The molecule has 6 amide bonds. The Kier molecular flexibility index (Phi) is 15.7. The monoisotopic (exact) mass is 744 g/mol. The summed E-state index contributed by atoms with van der Waals surface area (Å²) in [5.74, 6) is -8.93. The minimum Gasteiger partial charge on any atom is -0.481 e. The zero-order valence-electron chi connectivity index (χ0n) is 27.4. The van der Waals surface area contributed by atoms with Crippen molar-refractivity contribution in [2.45, 2.75) is 69.1 Å². The van der Waals surface area contributed by atoms with E-state index in [2.05, 4.69) is 31.6 Å². The van der Waals surface area contributed by atoms with Crippen LogP contribution in [0.1, 0.15) is 36.8 Å². The molecule has 0 unspecified atom stereocenters. The van der Waals surface area contributed by atoms with Gasteiger partial charge in [-0.2, -0.15) is 13.2 Å². The predicted molar refractivity (Wildman–Crippen MR) is 171 cm³/mol. The van der Waals surface area contributed by atoms with Gasteiger partial charge in [-0.3, -0.25) is 38.6 Å². The minimum absolute atomic E-state index is 0.0368. The first-order valence-corrected chi connectivity index (χ1v) is 15.4. The van der Waals surface area contributed by atoms with Gasteiger partial charge < -0.3 is 58.9 Å². The second-order valence-electron chi connectivity index (χ2n) is 11.3. The lowest BCUT2D eigenvalue weighted by atomic mass is 10.0. The molecule has 20 nitrogen and oxygen atoms in total. The highest BCUT2D eigenvalue weighted by atomic mass is 19.4. The number of halogens is 3. The van der Waals surface area contributed by atoms with E-state index in [0.717, 1.165) is 5.56 Å². The molecule has 0 aliphatic carbocycles. The SMILES string of the molecule is NCc1ccc(CN2C(=O)[C@H]3CNC(=O)[C@H](CC(=O)O)NC(=O)CNC(=O)[C@H](CCCN=C(N)N)NC(=O)C[C@H]2C(=O)N3)cc1.O=C(O)C(F)(F)F. The number of amides is 6. The largest absolute Gasteiger partial charge is 0.490 e. The molecule has 3 saturated heterocycles. The van der Waals surface area contributed by atoms with E-state index in [0.29, 0.717) is 12.1 Å². The Labute approximate surface area is 293 Å². The summed E-state index contributed by atoms with van der Waals surface area (Å²) in [6.07, 6.45) is -6.10. The van der Waals surface area contributed by atoms with Crippen LogP contribution in [0.25, 0.3) is 0 Å². The Hall–Kier alpha value is -6.00. The number of guanidine groups is 1. The third-order valence-corrected chi connectivity index (χ3v) is 7.34. The van der Waals surface area contributed by atoms with Crippen molar-refractivity contribution in [3.05, 3.63) is 35.4 Å². The van der Waals surface area contributed by atoms with Crippen molar-refractivity contribution in [1.82, 2.24) is 31.5 Å². The highest BCUT2D eigenvalue weighted by molar-refractivity contribution is 6.00. The first-order valence-electron chi connectivity index (χ1n) is 15.4. The molecule has 286 valence electrons. The highest BCUT2D eigenvalue weighted by Crippen LogP contribution is 2.19. The Balaban J connectivity index is 0.00000121. The molecular weight excluding hydrogens is 705 g/mol. The van der Waals surface area contributed by atoms with Crippen LogP contribution >= 0.6 is 0 Å². The van der Waals surface area contributed by atoms with E-state index in [9.17, 15) is 51.8 Å². The standard InChI is InChI=1S/C27H38N10O8.C2HF3O2/c28-10-14-3-5-15(6-4-14)13-37-19-9-20(38)34-16(2-1-7-31-27(29)30)23(42)33-12-21(39)35-17(8-22(40)41)24(43)32-11-18(26(37)45)36-25(19)44;3-2(4,5)1(6)7/h3-6,16-19H,1-2,7-13,28H2,(H,32,43)(H,33,42)(H,34,38)(H,35,39)(H,36,44)(H,40,41)(H4,29,30,31);(H,6,7)/t16-,17-,18+,19-;/m0./s1. The quantitative estimate of drug-likeness (QED) is 0.0501. The number of hydrogen-bond acceptors (Lipinski definition) is 10. The Morgan fingerprint density at radius 3 is 2.00 bits per heavy atom. The van der Waals surface area contributed by atoms with Crippen molar-refractivity contribution in [3.8, 4) is 0 Å². The predicted octanol–water partition coefficient (Wildman–Crippen LogP) is -3.89. The average Bonchev–Trinajstić information content (AvgIpc) is 3.06. The zero-order chi connectivity index (χ0) is 39.2. The zero-order valence-corrected chi connectivity index (χ0v) is 27.4. The molecule has 0 saturated carbocycles. The fraction of sp³-hybridized carbons (Fsp3) is 0.483. The Morgan fingerprint density at radius 1 is 0.865 bits per heavy atom. The lowest BCUT2D eigenvalue weighted by Gasteiger charge is -2.39. The molecule has 4 atom stereocenters. The van der Waals surface area contributed by atoms with Crippen LogP contribution in [0.4, 0.5) is 13.2 Å². The van der Waals surface area contributed by atoms with Crippen LogP contribution in [0.2, 0.25) is 0 Å². The van der Waals surface area contributed by atoms with Gasteiger partial charge in [-0.1, -0.05) is 24.3 Å². The van der Waals surface area contributed by atoms with Crippen molar-refractivity contribution < 1.29 is 61.7 Å². The molecule has 13 N–H and O–H groups in total. The van der Waals surface area contributed by atoms with Crippen LogP contribution < -0.4 is 43.8 Å². The van der Waals surface area contributed by atoms with E-state index in [1.807, 2.05) is 0 Å². The smallest absolute Gasteiger partial charge is 0.481 e. The van der Waals surface area contributed by atoms with Gasteiger partial charge >= 0.3 is 18.1 Å². The van der Waals surface area contributed by atoms with Crippen LogP contribution in [-0.4, -0.2) is 118 Å². The number of rotatable bonds is 9. The van der Waals surface area contributed by atoms with Crippen molar-refractivity contribution in [2.24, 2.45) is 22.2 Å². The number of aliphatic imine (C=N–C) groups is 1. The first-order chi connectivity index (χ1) is 24.3. The van der Waals surface area contributed by atoms with Gasteiger partial charge in [0.2, 0.25) is 35.4 Å². The molecule has 4 rings (SSSR count). The molecule has 3 aliphatic heterocycles. The average molecular weight is 745 g/mol. The molecule has 52 heavy (non-hydrogen) atoms. The first kappa shape index (κ1) is 42.2. The molecule has 2 bridgehead atoms. The van der Waals surface area contributed by atoms with Gasteiger partial charge in [0, 0.05) is 26.2 Å². The molecular formula is C29H39F3N10O10. The molecule has 1 aromatic carbocycles. The Morgan fingerprint density at radius 2 is 1.44 bits per heavy atom. The van der Waals surface area contributed by atoms with Crippen LogP contribution in [-0.2, 0) is 51.4 Å². The lowest BCUT2D eigenvalue weighted by molar-refractivity contribution is -0.192. The van der Waals surface area contributed by atoms with Gasteiger partial charge in [-0.15, -0.1) is 0 Å². The highest BCUT2D eigenvalue weighted by Gasteiger charge is 2.42. The van der Waals surface area contributed by atoms with Crippen LogP contribution in [0, 0.1) is 0 Å². The number of benzene rings is 1. The fourth-order valence-corrected chi connectivity index (χ4v) is 4.78. The van der Waals surface area contributed by atoms with Crippen LogP contribution in [0.15, 0.2) is 29.3 Å². The Bertz CT molecular complexity index is 1540. The second kappa shape index (κ2) is 19.4. The summed E-state index contributed by atoms with van der Waals surface area (Å²) in [5.41, 5.74) is 17.8. The lowest BCUT2D eigenvalue weighted by Crippen LogP contribution is -2.66. The topological polar surface area (TPSA) is 331 Å². The third-order valence-electron chi connectivity index (χ3n) is 7.34. The van der Waals surface area contributed by atoms with E-state index in [1.165, 1.54) is 4.90 Å². The molecule has 0 aromatic heterocycles. The molecule has 0 radical (unpaired) electrons. The number of nitrogens with two attached hydrogens (primary N) is 3. The number of carboxylic acid groups (broad SMARTS) is 2. The summed E-state index contributed by atoms with van der Waals surface area (Å²) in [7, 11) is 0. The normalized spacial score (nSPS) is 21.6. The fourth-order valence-electron chi connectivity index (χ4n) is 4.78. The molecule has 0 spiro atoms. The number of carboxylic acids is 2. The van der Waals surface area contributed by atoms with Gasteiger partial charge in [0.05, 0.1) is 19.4 Å². The van der Waals surface area contributed by atoms with Crippen molar-refractivity contribution in [2.75, 3.05) is 19.6 Å². The van der Waals surface area contributed by atoms with Crippen LogP contribution in [0.5, 0.6) is 0 Å². The van der Waals surface area contributed by atoms with Crippen molar-refractivity contribution in [3.63, 3.8) is 0 Å².